The van der Waals surface area contributed by atoms with Gasteiger partial charge in [0.25, 0.3) is 0 Å². The maximum absolute atomic E-state index is 7.35. The van der Waals surface area contributed by atoms with Gasteiger partial charge in [0, 0.05) is 15.5 Å². The van der Waals surface area contributed by atoms with Crippen LogP contribution in [0.15, 0.2) is 23.1 Å². The van der Waals surface area contributed by atoms with Gasteiger partial charge in [-0.3, -0.25) is 5.41 Å². The van der Waals surface area contributed by atoms with E-state index < -0.39 is 0 Å². The van der Waals surface area contributed by atoms with Crippen LogP contribution < -0.4 is 5.73 Å². The summed E-state index contributed by atoms with van der Waals surface area (Å²) in [5.41, 5.74) is 6.18. The van der Waals surface area contributed by atoms with Gasteiger partial charge in [0.2, 0.25) is 0 Å². The molecule has 0 amide bonds. The topological polar surface area (TPSA) is 49.9 Å². The largest absolute Gasteiger partial charge is 0.384 e. The second-order valence-electron chi connectivity index (χ2n) is 2.49. The number of nitrogen functional groups attached to an aromatic ring is 1. The maximum atomic E-state index is 7.35. The molecule has 3 N–H and O–H groups in total. The van der Waals surface area contributed by atoms with E-state index in [1.165, 1.54) is 0 Å². The number of hydrogen-bond donors (Lipinski definition) is 2. The second-order valence-corrected chi connectivity index (χ2v) is 4.23. The minimum absolute atomic E-state index is 0.0904. The van der Waals surface area contributed by atoms with Crippen molar-refractivity contribution in [1.29, 1.82) is 5.41 Å². The van der Waals surface area contributed by atoms with Crippen LogP contribution in [0.2, 0.25) is 5.02 Å². The van der Waals surface area contributed by atoms with Crippen LogP contribution in [0.4, 0.5) is 0 Å². The number of halogens is 1. The Balaban J connectivity index is 3.10. The van der Waals surface area contributed by atoms with Crippen molar-refractivity contribution < 1.29 is 0 Å². The molecule has 0 aliphatic rings. The van der Waals surface area contributed by atoms with E-state index in [4.69, 9.17) is 22.7 Å². The van der Waals surface area contributed by atoms with Gasteiger partial charge in [-0.2, -0.15) is 0 Å². The van der Waals surface area contributed by atoms with Gasteiger partial charge < -0.3 is 5.73 Å². The molecule has 4 heteroatoms. The Bertz CT molecular complexity index is 325. The van der Waals surface area contributed by atoms with Gasteiger partial charge in [-0.1, -0.05) is 18.5 Å². The van der Waals surface area contributed by atoms with Crippen LogP contribution >= 0.6 is 23.4 Å². The zero-order valence-electron chi connectivity index (χ0n) is 7.30. The minimum Gasteiger partial charge on any atom is -0.384 e. The number of hydrogen-bond acceptors (Lipinski definition) is 2. The SMILES string of the molecule is CCSc1cc(Cl)ccc1C(=N)N. The van der Waals surface area contributed by atoms with Crippen LogP contribution in [0.3, 0.4) is 0 Å². The molecule has 0 unspecified atom stereocenters. The molecular weight excluding hydrogens is 204 g/mol. The fourth-order valence-electron chi connectivity index (χ4n) is 0.994. The monoisotopic (exact) mass is 214 g/mol. The van der Waals surface area contributed by atoms with E-state index in [1.54, 1.807) is 23.9 Å². The van der Waals surface area contributed by atoms with E-state index >= 15 is 0 Å². The third-order valence-corrected chi connectivity index (χ3v) is 2.71. The van der Waals surface area contributed by atoms with Crippen molar-refractivity contribution >= 4 is 29.2 Å². The number of nitrogens with one attached hydrogen (secondary N) is 1. The van der Waals surface area contributed by atoms with Crippen molar-refractivity contribution in [3.8, 4) is 0 Å². The number of thioether (sulfide) groups is 1. The summed E-state index contributed by atoms with van der Waals surface area (Å²) in [4.78, 5) is 0.975. The summed E-state index contributed by atoms with van der Waals surface area (Å²) in [5.74, 6) is 1.04. The molecule has 0 atom stereocenters. The summed E-state index contributed by atoms with van der Waals surface area (Å²) in [5, 5.41) is 8.03. The normalized spacial score (nSPS) is 10.0. The molecule has 0 spiro atoms. The van der Waals surface area contributed by atoms with E-state index in [9.17, 15) is 0 Å². The van der Waals surface area contributed by atoms with Gasteiger partial charge in [0.05, 0.1) is 0 Å². The van der Waals surface area contributed by atoms with Gasteiger partial charge in [0.1, 0.15) is 5.84 Å². The lowest BCUT2D eigenvalue weighted by Gasteiger charge is -2.06. The molecule has 1 aromatic carbocycles. The summed E-state index contributed by atoms with van der Waals surface area (Å²) in [6, 6.07) is 5.37. The van der Waals surface area contributed by atoms with Crippen LogP contribution in [0, 0.1) is 5.41 Å². The Morgan fingerprint density at radius 3 is 2.85 bits per heavy atom. The summed E-state index contributed by atoms with van der Waals surface area (Å²) in [6.07, 6.45) is 0. The van der Waals surface area contributed by atoms with Crippen LogP contribution in [-0.4, -0.2) is 11.6 Å². The maximum Gasteiger partial charge on any atom is 0.123 e. The molecule has 0 saturated heterocycles. The molecule has 0 aliphatic heterocycles. The minimum atomic E-state index is 0.0904. The van der Waals surface area contributed by atoms with E-state index in [-0.39, 0.29) is 5.84 Å². The van der Waals surface area contributed by atoms with Gasteiger partial charge in [-0.05, 0) is 24.0 Å². The molecule has 1 rings (SSSR count). The lowest BCUT2D eigenvalue weighted by Crippen LogP contribution is -2.12. The average Bonchev–Trinajstić information content (AvgIpc) is 2.04. The highest BCUT2D eigenvalue weighted by Gasteiger charge is 2.05. The predicted octanol–water partition coefficient (Wildman–Crippen LogP) is 2.74. The Kier molecular flexibility index (Phi) is 3.63. The van der Waals surface area contributed by atoms with Crippen LogP contribution in [0.1, 0.15) is 12.5 Å². The number of nitrogens with two attached hydrogens (primary N) is 1. The van der Waals surface area contributed by atoms with E-state index in [2.05, 4.69) is 6.92 Å². The first kappa shape index (κ1) is 10.4. The molecule has 0 bridgehead atoms. The van der Waals surface area contributed by atoms with E-state index in [1.807, 2.05) is 6.07 Å². The first-order valence-electron chi connectivity index (χ1n) is 3.92. The molecule has 1 aromatic rings. The smallest absolute Gasteiger partial charge is 0.123 e. The van der Waals surface area contributed by atoms with Crippen LogP contribution in [0.5, 0.6) is 0 Å². The van der Waals surface area contributed by atoms with Gasteiger partial charge in [0.15, 0.2) is 0 Å². The molecule has 0 heterocycles. The molecule has 0 aliphatic carbocycles. The molecule has 2 nitrogen and oxygen atoms in total. The van der Waals surface area contributed by atoms with Crippen molar-refractivity contribution in [2.24, 2.45) is 5.73 Å². The molecular formula is C9H11ClN2S. The van der Waals surface area contributed by atoms with Gasteiger partial charge >= 0.3 is 0 Å². The fourth-order valence-corrected chi connectivity index (χ4v) is 2.09. The first-order valence-corrected chi connectivity index (χ1v) is 5.28. The summed E-state index contributed by atoms with van der Waals surface area (Å²) < 4.78 is 0. The standard InChI is InChI=1S/C9H11ClN2S/c1-2-13-8-5-6(10)3-4-7(8)9(11)12/h3-5H,2H2,1H3,(H3,11,12). The highest BCUT2D eigenvalue weighted by Crippen LogP contribution is 2.25. The Morgan fingerprint density at radius 1 is 1.62 bits per heavy atom. The highest BCUT2D eigenvalue weighted by atomic mass is 35.5. The highest BCUT2D eigenvalue weighted by molar-refractivity contribution is 7.99. The Morgan fingerprint density at radius 2 is 2.31 bits per heavy atom. The van der Waals surface area contributed by atoms with Crippen molar-refractivity contribution in [3.05, 3.63) is 28.8 Å². The molecule has 0 fully saturated rings. The second kappa shape index (κ2) is 4.53. The number of rotatable bonds is 3. The zero-order valence-corrected chi connectivity index (χ0v) is 8.88. The molecule has 0 saturated carbocycles. The van der Waals surface area contributed by atoms with E-state index in [0.29, 0.717) is 5.02 Å². The molecule has 70 valence electrons. The summed E-state index contributed by atoms with van der Waals surface area (Å²) in [6.45, 7) is 2.05. The molecule has 0 aromatic heterocycles. The van der Waals surface area contributed by atoms with Crippen LogP contribution in [-0.2, 0) is 0 Å². The number of amidine groups is 1. The first-order chi connectivity index (χ1) is 6.15. The fraction of sp³-hybridized carbons (Fsp3) is 0.222. The molecule has 0 radical (unpaired) electrons. The lowest BCUT2D eigenvalue weighted by atomic mass is 10.2. The lowest BCUT2D eigenvalue weighted by molar-refractivity contribution is 1.34. The number of benzene rings is 1. The third-order valence-electron chi connectivity index (χ3n) is 1.53. The van der Waals surface area contributed by atoms with Crippen molar-refractivity contribution in [2.75, 3.05) is 5.75 Å². The molecule has 13 heavy (non-hydrogen) atoms. The van der Waals surface area contributed by atoms with Gasteiger partial charge in [-0.25, -0.2) is 0 Å². The van der Waals surface area contributed by atoms with Gasteiger partial charge in [-0.15, -0.1) is 11.8 Å². The van der Waals surface area contributed by atoms with Crippen molar-refractivity contribution in [3.63, 3.8) is 0 Å². The average molecular weight is 215 g/mol. The third kappa shape index (κ3) is 2.64. The quantitative estimate of drug-likeness (QED) is 0.462. The summed E-state index contributed by atoms with van der Waals surface area (Å²) >= 11 is 7.47. The Hall–Kier alpha value is -0.670. The van der Waals surface area contributed by atoms with Crippen molar-refractivity contribution in [2.45, 2.75) is 11.8 Å². The van der Waals surface area contributed by atoms with E-state index in [0.717, 1.165) is 16.2 Å². The van der Waals surface area contributed by atoms with Crippen molar-refractivity contribution in [1.82, 2.24) is 0 Å². The Labute approximate surface area is 87.0 Å². The zero-order chi connectivity index (χ0) is 9.84. The summed E-state index contributed by atoms with van der Waals surface area (Å²) in [7, 11) is 0. The predicted molar refractivity (Wildman–Crippen MR) is 58.9 cm³/mol. The van der Waals surface area contributed by atoms with Crippen LogP contribution in [0.25, 0.3) is 0 Å².